The van der Waals surface area contributed by atoms with Gasteiger partial charge in [-0.3, -0.25) is 5.10 Å². The van der Waals surface area contributed by atoms with Crippen molar-refractivity contribution >= 4 is 16.9 Å². The van der Waals surface area contributed by atoms with Crippen LogP contribution in [-0.2, 0) is 6.42 Å². The number of para-hydroxylation sites is 1. The fourth-order valence-corrected chi connectivity index (χ4v) is 4.53. The van der Waals surface area contributed by atoms with Crippen LogP contribution < -0.4 is 5.73 Å². The molecule has 3 aromatic heterocycles. The Bertz CT molecular complexity index is 1230. The van der Waals surface area contributed by atoms with E-state index in [9.17, 15) is 0 Å². The van der Waals surface area contributed by atoms with E-state index in [1.807, 2.05) is 19.1 Å². The normalized spacial score (nSPS) is 15.7. The molecule has 0 bridgehead atoms. The maximum Gasteiger partial charge on any atom is 0.161 e. The Kier molecular flexibility index (Phi) is 4.94. The molecule has 0 spiro atoms. The molecule has 0 unspecified atom stereocenters. The first-order valence-electron chi connectivity index (χ1n) is 10.9. The number of hydrogen-bond acceptors (Lipinski definition) is 6. The molecule has 1 aromatic carbocycles. The third kappa shape index (κ3) is 3.46. The van der Waals surface area contributed by atoms with Gasteiger partial charge in [0.2, 0.25) is 0 Å². The number of aromatic amines is 2. The van der Waals surface area contributed by atoms with Crippen molar-refractivity contribution < 1.29 is 0 Å². The molecule has 0 radical (unpaired) electrons. The third-order valence-electron chi connectivity index (χ3n) is 6.34. The summed E-state index contributed by atoms with van der Waals surface area (Å²) in [6.45, 7) is 6.32. The third-order valence-corrected chi connectivity index (χ3v) is 6.34. The molecule has 4 heterocycles. The zero-order valence-corrected chi connectivity index (χ0v) is 18.2. The average molecular weight is 417 g/mol. The summed E-state index contributed by atoms with van der Waals surface area (Å²) in [7, 11) is 2.17. The van der Waals surface area contributed by atoms with Crippen molar-refractivity contribution in [1.82, 2.24) is 35.0 Å². The van der Waals surface area contributed by atoms with E-state index >= 15 is 0 Å². The van der Waals surface area contributed by atoms with Gasteiger partial charge in [0.15, 0.2) is 11.6 Å². The maximum atomic E-state index is 6.24. The first-order valence-corrected chi connectivity index (χ1v) is 10.9. The van der Waals surface area contributed by atoms with Crippen molar-refractivity contribution in [1.29, 1.82) is 0 Å². The van der Waals surface area contributed by atoms with Crippen molar-refractivity contribution in [3.8, 4) is 22.8 Å². The lowest BCUT2D eigenvalue weighted by molar-refractivity contribution is 0.253. The summed E-state index contributed by atoms with van der Waals surface area (Å²) in [5, 5.41) is 7.83. The highest BCUT2D eigenvalue weighted by atomic mass is 15.1. The first-order chi connectivity index (χ1) is 15.0. The Labute approximate surface area is 181 Å². The number of hydrogen-bond donors (Lipinski definition) is 3. The second-order valence-corrected chi connectivity index (χ2v) is 8.43. The van der Waals surface area contributed by atoms with Gasteiger partial charge in [-0.1, -0.05) is 19.1 Å². The number of fused-ring (bicyclic) bond motifs is 1. The molecule has 1 aliphatic heterocycles. The Morgan fingerprint density at radius 2 is 2.00 bits per heavy atom. The number of aromatic nitrogens is 6. The summed E-state index contributed by atoms with van der Waals surface area (Å²) in [6.07, 6.45) is 4.84. The molecule has 31 heavy (non-hydrogen) atoms. The van der Waals surface area contributed by atoms with E-state index in [4.69, 9.17) is 15.7 Å². The second kappa shape index (κ2) is 7.77. The lowest BCUT2D eigenvalue weighted by atomic mass is 9.90. The fourth-order valence-electron chi connectivity index (χ4n) is 4.53. The summed E-state index contributed by atoms with van der Waals surface area (Å²) in [6, 6.07) is 6.16. The van der Waals surface area contributed by atoms with Crippen LogP contribution in [0.4, 0.5) is 5.82 Å². The number of nitrogens with two attached hydrogens (primary N) is 1. The highest BCUT2D eigenvalue weighted by molar-refractivity contribution is 5.83. The Morgan fingerprint density at radius 3 is 2.77 bits per heavy atom. The van der Waals surface area contributed by atoms with Crippen LogP contribution in [0, 0.1) is 6.92 Å². The van der Waals surface area contributed by atoms with Gasteiger partial charge in [0.05, 0.1) is 28.6 Å². The zero-order valence-electron chi connectivity index (χ0n) is 18.2. The summed E-state index contributed by atoms with van der Waals surface area (Å²) in [5.74, 6) is 1.42. The predicted octanol–water partition coefficient (Wildman–Crippen LogP) is 3.67. The Morgan fingerprint density at radius 1 is 1.19 bits per heavy atom. The van der Waals surface area contributed by atoms with E-state index in [2.05, 4.69) is 45.1 Å². The van der Waals surface area contributed by atoms with E-state index in [0.29, 0.717) is 23.3 Å². The topological polar surface area (TPSA) is 112 Å². The number of H-pyrrole nitrogens is 2. The van der Waals surface area contributed by atoms with Gasteiger partial charge in [0.25, 0.3) is 0 Å². The lowest BCUT2D eigenvalue weighted by Gasteiger charge is -2.28. The minimum Gasteiger partial charge on any atom is -0.382 e. The van der Waals surface area contributed by atoms with Gasteiger partial charge in [-0.25, -0.2) is 15.0 Å². The highest BCUT2D eigenvalue weighted by Gasteiger charge is 2.26. The second-order valence-electron chi connectivity index (χ2n) is 8.43. The number of piperidine rings is 1. The molecule has 4 N–H and O–H groups in total. The number of likely N-dealkylation sites (tertiary alicyclic amines) is 1. The molecule has 0 aliphatic carbocycles. The summed E-state index contributed by atoms with van der Waals surface area (Å²) < 4.78 is 0. The van der Waals surface area contributed by atoms with Crippen LogP contribution in [0.5, 0.6) is 0 Å². The highest BCUT2D eigenvalue weighted by Crippen LogP contribution is 2.36. The largest absolute Gasteiger partial charge is 0.382 e. The molecule has 8 heteroatoms. The molecular formula is C23H28N8. The molecule has 0 atom stereocenters. The smallest absolute Gasteiger partial charge is 0.161 e. The van der Waals surface area contributed by atoms with Crippen LogP contribution in [0.15, 0.2) is 24.4 Å². The van der Waals surface area contributed by atoms with Gasteiger partial charge in [-0.05, 0) is 58.0 Å². The van der Waals surface area contributed by atoms with Gasteiger partial charge < -0.3 is 15.6 Å². The number of anilines is 1. The molecule has 1 fully saturated rings. The number of nitrogen functional groups attached to an aromatic ring is 1. The molecule has 1 aliphatic rings. The van der Waals surface area contributed by atoms with Crippen molar-refractivity contribution in [3.05, 3.63) is 41.3 Å². The summed E-state index contributed by atoms with van der Waals surface area (Å²) in [5.41, 5.74) is 13.8. The van der Waals surface area contributed by atoms with E-state index < -0.39 is 0 Å². The monoisotopic (exact) mass is 416 g/mol. The number of benzene rings is 1. The molecule has 0 amide bonds. The van der Waals surface area contributed by atoms with Gasteiger partial charge in [0, 0.05) is 17.2 Å². The Hall–Kier alpha value is -3.26. The van der Waals surface area contributed by atoms with Crippen LogP contribution >= 0.6 is 0 Å². The van der Waals surface area contributed by atoms with Gasteiger partial charge in [-0.2, -0.15) is 5.10 Å². The fraction of sp³-hybridized carbons (Fsp3) is 0.391. The van der Waals surface area contributed by atoms with Crippen molar-refractivity contribution in [3.63, 3.8) is 0 Å². The van der Waals surface area contributed by atoms with Crippen LogP contribution in [0.25, 0.3) is 33.8 Å². The number of nitrogens with zero attached hydrogens (tertiary/aromatic N) is 5. The van der Waals surface area contributed by atoms with E-state index in [0.717, 1.165) is 66.0 Å². The van der Waals surface area contributed by atoms with Crippen LogP contribution in [0.3, 0.4) is 0 Å². The molecule has 5 rings (SSSR count). The van der Waals surface area contributed by atoms with Crippen molar-refractivity contribution in [2.75, 3.05) is 25.9 Å². The molecule has 8 nitrogen and oxygen atoms in total. The summed E-state index contributed by atoms with van der Waals surface area (Å²) >= 11 is 0. The predicted molar refractivity (Wildman–Crippen MR) is 123 cm³/mol. The van der Waals surface area contributed by atoms with Gasteiger partial charge in [-0.15, -0.1) is 0 Å². The van der Waals surface area contributed by atoms with E-state index in [-0.39, 0.29) is 0 Å². The molecular weight excluding hydrogens is 388 g/mol. The van der Waals surface area contributed by atoms with E-state index in [1.165, 1.54) is 5.56 Å². The number of rotatable bonds is 4. The maximum absolute atomic E-state index is 6.24. The minimum atomic E-state index is 0.364. The van der Waals surface area contributed by atoms with Crippen molar-refractivity contribution in [2.45, 2.75) is 39.0 Å². The van der Waals surface area contributed by atoms with Crippen LogP contribution in [0.1, 0.15) is 42.6 Å². The number of aryl methyl sites for hydroxylation is 2. The lowest BCUT2D eigenvalue weighted by Crippen LogP contribution is -2.29. The Balaban J connectivity index is 1.58. The van der Waals surface area contributed by atoms with Crippen LogP contribution in [0.2, 0.25) is 0 Å². The quantitative estimate of drug-likeness (QED) is 0.468. The number of imidazole rings is 1. The minimum absolute atomic E-state index is 0.364. The molecule has 4 aromatic rings. The first kappa shape index (κ1) is 19.7. The molecule has 0 saturated carbocycles. The van der Waals surface area contributed by atoms with Crippen LogP contribution in [-0.4, -0.2) is 55.2 Å². The molecule has 1 saturated heterocycles. The van der Waals surface area contributed by atoms with Gasteiger partial charge >= 0.3 is 0 Å². The number of nitrogens with one attached hydrogen (secondary N) is 2. The molecule has 160 valence electrons. The zero-order chi connectivity index (χ0) is 21.5. The standard InChI is InChI=1S/C23H28N8/c1-4-14-6-5-7-16-19(14)28-23(27-16)21-22(24)25-12-17(26-21)18-13(2)29-30-20(18)15-8-10-31(3)11-9-15/h5-7,12,15H,4,8-11H2,1-3H3,(H2,24,25)(H,27,28)(H,29,30). The summed E-state index contributed by atoms with van der Waals surface area (Å²) in [4.78, 5) is 19.9. The average Bonchev–Trinajstić information content (AvgIpc) is 3.38. The van der Waals surface area contributed by atoms with E-state index in [1.54, 1.807) is 6.20 Å². The van der Waals surface area contributed by atoms with Gasteiger partial charge in [0.1, 0.15) is 5.69 Å². The SMILES string of the molecule is CCc1cccc2[nH]c(-c3nc(-c4c(C5CCN(C)CC5)n[nH]c4C)cnc3N)nc12. The van der Waals surface area contributed by atoms with Crippen molar-refractivity contribution in [2.24, 2.45) is 0 Å².